The van der Waals surface area contributed by atoms with Gasteiger partial charge in [-0.15, -0.1) is 0 Å². The van der Waals surface area contributed by atoms with Gasteiger partial charge >= 0.3 is 11.9 Å². The second kappa shape index (κ2) is 14.4. The molecule has 0 aliphatic carbocycles. The molecule has 2 aromatic heterocycles. The minimum absolute atomic E-state index is 0.107. The largest absolute Gasteiger partial charge is 0.493 e. The third kappa shape index (κ3) is 6.61. The molecule has 1 aliphatic heterocycles. The van der Waals surface area contributed by atoms with Crippen LogP contribution in [0.5, 0.6) is 11.5 Å². The quantitative estimate of drug-likeness (QED) is 0.186. The van der Waals surface area contributed by atoms with Crippen molar-refractivity contribution in [1.29, 1.82) is 0 Å². The molecule has 11 nitrogen and oxygen atoms in total. The highest BCUT2D eigenvalue weighted by molar-refractivity contribution is 7.07. The first kappa shape index (κ1) is 34.1. The summed E-state index contributed by atoms with van der Waals surface area (Å²) in [6.07, 6.45) is 3.65. The Balaban J connectivity index is 1.54. The van der Waals surface area contributed by atoms with Gasteiger partial charge in [0.1, 0.15) is 5.69 Å². The van der Waals surface area contributed by atoms with Gasteiger partial charge in [-0.3, -0.25) is 9.36 Å². The molecule has 0 saturated heterocycles. The summed E-state index contributed by atoms with van der Waals surface area (Å²) in [4.78, 5) is 45.4. The molecule has 5 aromatic rings. The molecule has 0 bridgehead atoms. The first-order chi connectivity index (χ1) is 24.1. The molecule has 0 spiro atoms. The first-order valence-electron chi connectivity index (χ1n) is 15.9. The second-order valence-electron chi connectivity index (χ2n) is 12.0. The van der Waals surface area contributed by atoms with E-state index in [1.165, 1.54) is 23.0 Å². The van der Waals surface area contributed by atoms with Crippen LogP contribution in [0.3, 0.4) is 0 Å². The van der Waals surface area contributed by atoms with E-state index in [4.69, 9.17) is 29.0 Å². The van der Waals surface area contributed by atoms with Crippen LogP contribution in [0.4, 0.5) is 0 Å². The molecular weight excluding hydrogens is 657 g/mol. The Morgan fingerprint density at radius 2 is 1.66 bits per heavy atom. The van der Waals surface area contributed by atoms with Gasteiger partial charge in [0.2, 0.25) is 0 Å². The number of para-hydroxylation sites is 1. The summed E-state index contributed by atoms with van der Waals surface area (Å²) in [6.45, 7) is 5.83. The minimum Gasteiger partial charge on any atom is -0.493 e. The van der Waals surface area contributed by atoms with E-state index in [9.17, 15) is 14.4 Å². The summed E-state index contributed by atoms with van der Waals surface area (Å²) in [5, 5.41) is 4.92. The highest BCUT2D eigenvalue weighted by Gasteiger charge is 2.34. The zero-order valence-electron chi connectivity index (χ0n) is 28.5. The lowest BCUT2D eigenvalue weighted by atomic mass is 9.95. The number of methoxy groups -OCH3 is 3. The average Bonchev–Trinajstić information content (AvgIpc) is 3.69. The number of esters is 2. The number of hydrogen-bond acceptors (Lipinski definition) is 10. The maximum Gasteiger partial charge on any atom is 0.338 e. The summed E-state index contributed by atoms with van der Waals surface area (Å²) in [6, 6.07) is 21.0. The van der Waals surface area contributed by atoms with Gasteiger partial charge in [0.25, 0.3) is 5.56 Å². The molecule has 0 amide bonds. The number of fused-ring (bicyclic) bond motifs is 1. The van der Waals surface area contributed by atoms with Crippen molar-refractivity contribution in [2.75, 3.05) is 27.9 Å². The molecule has 3 aromatic carbocycles. The summed E-state index contributed by atoms with van der Waals surface area (Å²) in [7, 11) is 4.45. The molecule has 0 fully saturated rings. The third-order valence-electron chi connectivity index (χ3n) is 8.14. The van der Waals surface area contributed by atoms with Gasteiger partial charge in [-0.2, -0.15) is 5.10 Å². The predicted molar refractivity (Wildman–Crippen MR) is 189 cm³/mol. The molecule has 0 radical (unpaired) electrons. The van der Waals surface area contributed by atoms with E-state index in [0.717, 1.165) is 11.3 Å². The molecule has 0 N–H and O–H groups in total. The number of nitrogens with zero attached hydrogens (tertiary/aromatic N) is 4. The summed E-state index contributed by atoms with van der Waals surface area (Å²) in [5.74, 6) is 0.165. The van der Waals surface area contributed by atoms with Crippen LogP contribution in [0.15, 0.2) is 100 Å². The predicted octanol–water partition coefficient (Wildman–Crippen LogP) is 5.09. The Morgan fingerprint density at radius 3 is 2.32 bits per heavy atom. The Bertz CT molecular complexity index is 2280. The molecule has 6 rings (SSSR count). The van der Waals surface area contributed by atoms with E-state index in [1.54, 1.807) is 56.2 Å². The van der Waals surface area contributed by atoms with Crippen molar-refractivity contribution >= 4 is 29.4 Å². The molecule has 12 heteroatoms. The van der Waals surface area contributed by atoms with Crippen molar-refractivity contribution in [3.8, 4) is 28.4 Å². The maximum absolute atomic E-state index is 14.4. The van der Waals surface area contributed by atoms with Crippen LogP contribution in [0.1, 0.15) is 48.3 Å². The molecule has 1 atom stereocenters. The number of benzene rings is 3. The standard InChI is InChI=1S/C38H36N4O7S/c1-22(2)21-49-37(45)32-23(3)39-38-42(34(32)24-12-14-25(15-13-24)36(44)48-6)35(43)31(50-38)19-27-20-41(28-10-8-7-9-11-28)40-33(27)26-16-17-29(46-4)30(18-26)47-5/h7-20,22,34H,21H2,1-6H3/b31-19-. The summed E-state index contributed by atoms with van der Waals surface area (Å²) < 4.78 is 25.2. The van der Waals surface area contributed by atoms with Crippen molar-refractivity contribution < 1.29 is 28.5 Å². The lowest BCUT2D eigenvalue weighted by Gasteiger charge is -2.25. The van der Waals surface area contributed by atoms with Gasteiger partial charge in [-0.05, 0) is 66.9 Å². The van der Waals surface area contributed by atoms with Crippen LogP contribution >= 0.6 is 11.3 Å². The van der Waals surface area contributed by atoms with Gasteiger partial charge in [-0.1, -0.05) is 55.5 Å². The number of rotatable bonds is 10. The molecule has 1 aliphatic rings. The smallest absolute Gasteiger partial charge is 0.338 e. The Labute approximate surface area is 292 Å². The van der Waals surface area contributed by atoms with Crippen molar-refractivity contribution in [3.05, 3.63) is 127 Å². The van der Waals surface area contributed by atoms with E-state index in [1.807, 2.05) is 68.6 Å². The average molecular weight is 693 g/mol. The Kier molecular flexibility index (Phi) is 9.82. The topological polar surface area (TPSA) is 123 Å². The molecular formula is C38H36N4O7S. The zero-order chi connectivity index (χ0) is 35.5. The van der Waals surface area contributed by atoms with Gasteiger partial charge in [0, 0.05) is 17.3 Å². The first-order valence-corrected chi connectivity index (χ1v) is 16.7. The van der Waals surface area contributed by atoms with Crippen molar-refractivity contribution in [2.45, 2.75) is 26.8 Å². The van der Waals surface area contributed by atoms with Crippen LogP contribution in [0.25, 0.3) is 23.0 Å². The van der Waals surface area contributed by atoms with Crippen molar-refractivity contribution in [2.24, 2.45) is 10.9 Å². The zero-order valence-corrected chi connectivity index (χ0v) is 29.3. The van der Waals surface area contributed by atoms with E-state index in [2.05, 4.69) is 0 Å². The van der Waals surface area contributed by atoms with Gasteiger partial charge < -0.3 is 18.9 Å². The summed E-state index contributed by atoms with van der Waals surface area (Å²) in [5.41, 5.74) is 4.18. The fraction of sp³-hybridized carbons (Fsp3) is 0.237. The molecule has 50 heavy (non-hydrogen) atoms. The van der Waals surface area contributed by atoms with Crippen LogP contribution < -0.4 is 24.4 Å². The van der Waals surface area contributed by atoms with E-state index in [0.29, 0.717) is 48.9 Å². The number of aromatic nitrogens is 3. The maximum atomic E-state index is 14.4. The minimum atomic E-state index is -0.850. The number of ether oxygens (including phenoxy) is 4. The monoisotopic (exact) mass is 692 g/mol. The highest BCUT2D eigenvalue weighted by Crippen LogP contribution is 2.34. The molecule has 3 heterocycles. The van der Waals surface area contributed by atoms with Gasteiger partial charge in [0.15, 0.2) is 16.3 Å². The van der Waals surface area contributed by atoms with E-state index >= 15 is 0 Å². The molecule has 1 unspecified atom stereocenters. The number of carbonyl (C=O) groups is 2. The van der Waals surface area contributed by atoms with E-state index in [-0.39, 0.29) is 23.7 Å². The Hall–Kier alpha value is -5.75. The molecule has 0 saturated carbocycles. The SMILES string of the molecule is COC(=O)c1ccc(C2C(C(=O)OCC(C)C)=C(C)N=c3s/c(=C\c4cn(-c5ccccc5)nc4-c4ccc(OC)c(OC)c4)c(=O)n32)cc1. The van der Waals surface area contributed by atoms with Crippen molar-refractivity contribution in [1.82, 2.24) is 14.3 Å². The number of thiazole rings is 1. The second-order valence-corrected chi connectivity index (χ2v) is 13.0. The highest BCUT2D eigenvalue weighted by atomic mass is 32.1. The van der Waals surface area contributed by atoms with Crippen molar-refractivity contribution in [3.63, 3.8) is 0 Å². The van der Waals surface area contributed by atoms with Gasteiger partial charge in [-0.25, -0.2) is 19.3 Å². The van der Waals surface area contributed by atoms with Gasteiger partial charge in [0.05, 0.1) is 61.0 Å². The number of allylic oxidation sites excluding steroid dienone is 1. The lowest BCUT2D eigenvalue weighted by molar-refractivity contribution is -0.140. The Morgan fingerprint density at radius 1 is 0.940 bits per heavy atom. The van der Waals surface area contributed by atoms with Crippen LogP contribution in [-0.4, -0.2) is 54.2 Å². The molecule has 256 valence electrons. The normalized spacial score (nSPS) is 14.3. The van der Waals surface area contributed by atoms with E-state index < -0.39 is 18.0 Å². The number of hydrogen-bond donors (Lipinski definition) is 0. The third-order valence-corrected chi connectivity index (χ3v) is 9.13. The summed E-state index contributed by atoms with van der Waals surface area (Å²) >= 11 is 1.21. The fourth-order valence-corrected chi connectivity index (χ4v) is 6.73. The lowest BCUT2D eigenvalue weighted by Crippen LogP contribution is -2.40. The number of carbonyl (C=O) groups excluding carboxylic acids is 2. The van der Waals surface area contributed by atoms with Crippen LogP contribution in [0, 0.1) is 5.92 Å². The van der Waals surface area contributed by atoms with Crippen LogP contribution in [0.2, 0.25) is 0 Å². The fourth-order valence-electron chi connectivity index (χ4n) is 5.69. The van der Waals surface area contributed by atoms with Crippen LogP contribution in [-0.2, 0) is 14.3 Å².